The van der Waals surface area contributed by atoms with Crippen molar-refractivity contribution >= 4 is 28.3 Å². The molecule has 0 fully saturated rings. The van der Waals surface area contributed by atoms with Gasteiger partial charge in [0.05, 0.1) is 17.8 Å². The van der Waals surface area contributed by atoms with E-state index in [-0.39, 0.29) is 5.71 Å². The molecule has 1 heterocycles. The molecule has 0 aliphatic carbocycles. The molecule has 0 saturated carbocycles. The predicted molar refractivity (Wildman–Crippen MR) is 99.6 cm³/mol. The largest absolute Gasteiger partial charge is 0.461 e. The van der Waals surface area contributed by atoms with Crippen molar-refractivity contribution in [3.8, 4) is 0 Å². The average Bonchev–Trinajstić information content (AvgIpc) is 2.66. The van der Waals surface area contributed by atoms with Gasteiger partial charge in [-0.05, 0) is 31.2 Å². The van der Waals surface area contributed by atoms with Crippen LogP contribution in [0.5, 0.6) is 0 Å². The summed E-state index contributed by atoms with van der Waals surface area (Å²) >= 11 is 0. The second-order valence-corrected chi connectivity index (χ2v) is 5.43. The molecule has 3 aromatic rings. The molecule has 2 aromatic carbocycles. The highest BCUT2D eigenvalue weighted by atomic mass is 16.5. The van der Waals surface area contributed by atoms with Crippen LogP contribution in [0.15, 0.2) is 71.8 Å². The van der Waals surface area contributed by atoms with Crippen LogP contribution < -0.4 is 5.43 Å². The lowest BCUT2D eigenvalue weighted by molar-refractivity contribution is -0.135. The highest BCUT2D eigenvalue weighted by Crippen LogP contribution is 2.13. The fourth-order valence-corrected chi connectivity index (χ4v) is 2.39. The van der Waals surface area contributed by atoms with Gasteiger partial charge in [-0.2, -0.15) is 5.10 Å². The molecule has 0 aliphatic rings. The van der Waals surface area contributed by atoms with Gasteiger partial charge in [0.25, 0.3) is 0 Å². The second kappa shape index (κ2) is 8.06. The van der Waals surface area contributed by atoms with Crippen molar-refractivity contribution in [2.75, 3.05) is 12.0 Å². The van der Waals surface area contributed by atoms with E-state index in [0.717, 1.165) is 22.3 Å². The number of ether oxygens (including phenoxy) is 1. The van der Waals surface area contributed by atoms with E-state index in [4.69, 9.17) is 4.74 Å². The molecule has 3 rings (SSSR count). The molecule has 0 spiro atoms. The Morgan fingerprint density at radius 2 is 1.80 bits per heavy atom. The highest BCUT2D eigenvalue weighted by molar-refractivity contribution is 6.37. The SMILES string of the molecule is CCOC(=O)C(Cc1ccc2ccccc2n1)=NNc1ccccc1. The van der Waals surface area contributed by atoms with E-state index in [2.05, 4.69) is 15.5 Å². The van der Waals surface area contributed by atoms with Crippen molar-refractivity contribution in [3.05, 3.63) is 72.4 Å². The molecule has 5 heteroatoms. The first kappa shape index (κ1) is 16.6. The number of fused-ring (bicyclic) bond motifs is 1. The number of aromatic nitrogens is 1. The fraction of sp³-hybridized carbons (Fsp3) is 0.150. The van der Waals surface area contributed by atoms with Crippen LogP contribution in [0.25, 0.3) is 10.9 Å². The quantitative estimate of drug-likeness (QED) is 0.423. The molecule has 0 radical (unpaired) electrons. The molecule has 0 saturated heterocycles. The van der Waals surface area contributed by atoms with Gasteiger partial charge in [-0.15, -0.1) is 0 Å². The molecule has 0 atom stereocenters. The van der Waals surface area contributed by atoms with Crippen molar-refractivity contribution in [1.29, 1.82) is 0 Å². The number of hydrazone groups is 1. The number of hydrogen-bond donors (Lipinski definition) is 1. The lowest BCUT2D eigenvalue weighted by Gasteiger charge is -2.08. The van der Waals surface area contributed by atoms with Crippen molar-refractivity contribution < 1.29 is 9.53 Å². The minimum absolute atomic E-state index is 0.286. The van der Waals surface area contributed by atoms with E-state index in [1.807, 2.05) is 66.7 Å². The highest BCUT2D eigenvalue weighted by Gasteiger charge is 2.15. The van der Waals surface area contributed by atoms with Gasteiger partial charge < -0.3 is 4.74 Å². The Bertz CT molecular complexity index is 892. The first-order valence-electron chi connectivity index (χ1n) is 8.15. The zero-order valence-electron chi connectivity index (χ0n) is 14.0. The van der Waals surface area contributed by atoms with Crippen LogP contribution in [0.3, 0.4) is 0 Å². The molecule has 0 unspecified atom stereocenters. The van der Waals surface area contributed by atoms with Crippen molar-refractivity contribution in [2.24, 2.45) is 5.10 Å². The molecule has 126 valence electrons. The third-order valence-electron chi connectivity index (χ3n) is 3.61. The van der Waals surface area contributed by atoms with Gasteiger partial charge in [0, 0.05) is 17.5 Å². The number of esters is 1. The summed E-state index contributed by atoms with van der Waals surface area (Å²) in [5.41, 5.74) is 5.64. The van der Waals surface area contributed by atoms with Crippen LogP contribution in [0, 0.1) is 0 Å². The van der Waals surface area contributed by atoms with Gasteiger partial charge in [0.1, 0.15) is 0 Å². The Balaban J connectivity index is 1.84. The van der Waals surface area contributed by atoms with Crippen molar-refractivity contribution in [2.45, 2.75) is 13.3 Å². The van der Waals surface area contributed by atoms with Gasteiger partial charge in [-0.1, -0.05) is 42.5 Å². The van der Waals surface area contributed by atoms with Gasteiger partial charge in [-0.25, -0.2) is 4.79 Å². The summed E-state index contributed by atoms with van der Waals surface area (Å²) in [5, 5.41) is 5.30. The molecule has 1 N–H and O–H groups in total. The summed E-state index contributed by atoms with van der Waals surface area (Å²) in [5.74, 6) is -0.444. The summed E-state index contributed by atoms with van der Waals surface area (Å²) in [7, 11) is 0. The van der Waals surface area contributed by atoms with Gasteiger partial charge in [-0.3, -0.25) is 10.4 Å². The van der Waals surface area contributed by atoms with Gasteiger partial charge in [0.2, 0.25) is 0 Å². The first-order valence-corrected chi connectivity index (χ1v) is 8.15. The van der Waals surface area contributed by atoms with Crippen molar-refractivity contribution in [1.82, 2.24) is 4.98 Å². The lowest BCUT2D eigenvalue weighted by Crippen LogP contribution is -2.22. The van der Waals surface area contributed by atoms with Crippen LogP contribution in [0.1, 0.15) is 12.6 Å². The normalized spacial score (nSPS) is 11.3. The van der Waals surface area contributed by atoms with E-state index in [9.17, 15) is 4.79 Å². The number of carbonyl (C=O) groups excluding carboxylic acids is 1. The Kier molecular flexibility index (Phi) is 5.36. The second-order valence-electron chi connectivity index (χ2n) is 5.43. The van der Waals surface area contributed by atoms with Crippen molar-refractivity contribution in [3.63, 3.8) is 0 Å². The molecular weight excluding hydrogens is 314 g/mol. The molecule has 0 amide bonds. The number of rotatable bonds is 6. The van der Waals surface area contributed by atoms with E-state index in [1.165, 1.54) is 0 Å². The topological polar surface area (TPSA) is 63.6 Å². The number of nitrogens with zero attached hydrogens (tertiary/aromatic N) is 2. The number of nitrogens with one attached hydrogen (secondary N) is 1. The summed E-state index contributed by atoms with van der Waals surface area (Å²) in [6, 6.07) is 21.2. The smallest absolute Gasteiger partial charge is 0.354 e. The Labute approximate surface area is 146 Å². The zero-order chi connectivity index (χ0) is 17.5. The molecule has 1 aromatic heterocycles. The number of carbonyl (C=O) groups is 1. The van der Waals surface area contributed by atoms with Crippen LogP contribution in [0.2, 0.25) is 0 Å². The minimum atomic E-state index is -0.444. The van der Waals surface area contributed by atoms with Gasteiger partial charge >= 0.3 is 5.97 Å². The molecule has 0 aliphatic heterocycles. The van der Waals surface area contributed by atoms with E-state index < -0.39 is 5.97 Å². The fourth-order valence-electron chi connectivity index (χ4n) is 2.39. The third kappa shape index (κ3) is 4.41. The first-order chi connectivity index (χ1) is 12.3. The summed E-state index contributed by atoms with van der Waals surface area (Å²) in [6.45, 7) is 2.07. The summed E-state index contributed by atoms with van der Waals surface area (Å²) in [6.07, 6.45) is 0.295. The number of anilines is 1. The maximum Gasteiger partial charge on any atom is 0.354 e. The summed E-state index contributed by atoms with van der Waals surface area (Å²) in [4.78, 5) is 16.8. The average molecular weight is 333 g/mol. The molecular formula is C20H19N3O2. The van der Waals surface area contributed by atoms with Gasteiger partial charge in [0.15, 0.2) is 5.71 Å². The number of hydrogen-bond acceptors (Lipinski definition) is 5. The Hall–Kier alpha value is -3.21. The third-order valence-corrected chi connectivity index (χ3v) is 3.61. The van der Waals surface area contributed by atoms with E-state index in [0.29, 0.717) is 13.0 Å². The molecule has 5 nitrogen and oxygen atoms in total. The molecule has 0 bridgehead atoms. The molecule has 25 heavy (non-hydrogen) atoms. The van der Waals surface area contributed by atoms with Crippen LogP contribution >= 0.6 is 0 Å². The van der Waals surface area contributed by atoms with E-state index in [1.54, 1.807) is 6.92 Å². The number of pyridine rings is 1. The minimum Gasteiger partial charge on any atom is -0.461 e. The van der Waals surface area contributed by atoms with E-state index >= 15 is 0 Å². The maximum absolute atomic E-state index is 12.2. The number of para-hydroxylation sites is 2. The van der Waals surface area contributed by atoms with Crippen LogP contribution in [-0.2, 0) is 16.0 Å². The van der Waals surface area contributed by atoms with Crippen LogP contribution in [-0.4, -0.2) is 23.3 Å². The monoisotopic (exact) mass is 333 g/mol. The van der Waals surface area contributed by atoms with Crippen LogP contribution in [0.4, 0.5) is 5.69 Å². The predicted octanol–water partition coefficient (Wildman–Crippen LogP) is 3.81. The standard InChI is InChI=1S/C20H19N3O2/c1-2-25-20(24)19(23-22-16-9-4-3-5-10-16)14-17-13-12-15-8-6-7-11-18(15)21-17/h3-13,22H,2,14H2,1H3. The lowest BCUT2D eigenvalue weighted by atomic mass is 10.1. The Morgan fingerprint density at radius 1 is 1.04 bits per heavy atom. The number of benzene rings is 2. The summed E-state index contributed by atoms with van der Waals surface area (Å²) < 4.78 is 5.11. The Morgan fingerprint density at radius 3 is 2.60 bits per heavy atom. The maximum atomic E-state index is 12.2. The zero-order valence-corrected chi connectivity index (χ0v) is 14.0.